The van der Waals surface area contributed by atoms with Gasteiger partial charge in [0.1, 0.15) is 11.2 Å². The third-order valence-corrected chi connectivity index (χ3v) is 8.79. The fourth-order valence-corrected chi connectivity index (χ4v) is 6.14. The molecule has 0 N–H and O–H groups in total. The van der Waals surface area contributed by atoms with Crippen molar-refractivity contribution in [2.45, 2.75) is 132 Å². The van der Waals surface area contributed by atoms with Crippen LogP contribution in [0.5, 0.6) is 0 Å². The van der Waals surface area contributed by atoms with E-state index in [1.807, 2.05) is 0 Å². The number of hydrogen-bond donors (Lipinski definition) is 0. The van der Waals surface area contributed by atoms with E-state index in [9.17, 15) is 4.79 Å². The molecule has 3 nitrogen and oxygen atoms in total. The highest BCUT2D eigenvalue weighted by molar-refractivity contribution is 5.61. The zero-order valence-corrected chi connectivity index (χ0v) is 21.7. The molecular weight excluding hydrogens is 372 g/mol. The molecule has 0 heterocycles. The number of hydrogen-bond acceptors (Lipinski definition) is 3. The van der Waals surface area contributed by atoms with E-state index in [-0.39, 0.29) is 0 Å². The maximum absolute atomic E-state index is 12.9. The highest BCUT2D eigenvalue weighted by Crippen LogP contribution is 2.46. The van der Waals surface area contributed by atoms with Gasteiger partial charge in [-0.05, 0) is 87.9 Å². The van der Waals surface area contributed by atoms with Crippen molar-refractivity contribution in [1.82, 2.24) is 0 Å². The molecule has 0 aromatic rings. The molecule has 4 unspecified atom stereocenters. The minimum absolute atomic E-state index is 0.310. The smallest absolute Gasteiger partial charge is 0.428 e. The number of rotatable bonds is 6. The summed E-state index contributed by atoms with van der Waals surface area (Å²) in [4.78, 5) is 12.9. The molecule has 4 atom stereocenters. The van der Waals surface area contributed by atoms with E-state index in [0.29, 0.717) is 34.5 Å². The first-order valence-corrected chi connectivity index (χ1v) is 12.5. The molecule has 0 radical (unpaired) electrons. The average Bonchev–Trinajstić information content (AvgIpc) is 2.57. The van der Waals surface area contributed by atoms with Crippen LogP contribution in [-0.2, 0) is 9.47 Å². The van der Waals surface area contributed by atoms with Crippen LogP contribution in [0, 0.1) is 34.5 Å². The summed E-state index contributed by atoms with van der Waals surface area (Å²) in [5.74, 6) is 1.80. The molecule has 0 amide bonds. The van der Waals surface area contributed by atoms with Crippen LogP contribution in [0.1, 0.15) is 121 Å². The van der Waals surface area contributed by atoms with Crippen LogP contribution >= 0.6 is 0 Å². The van der Waals surface area contributed by atoms with Gasteiger partial charge in [0.05, 0.1) is 0 Å². The van der Waals surface area contributed by atoms with E-state index in [1.165, 1.54) is 51.4 Å². The predicted molar refractivity (Wildman–Crippen MR) is 126 cm³/mol. The lowest BCUT2D eigenvalue weighted by Gasteiger charge is -2.44. The molecule has 0 bridgehead atoms. The van der Waals surface area contributed by atoms with Crippen LogP contribution in [0.3, 0.4) is 0 Å². The van der Waals surface area contributed by atoms with E-state index in [4.69, 9.17) is 9.47 Å². The Morgan fingerprint density at radius 3 is 1.40 bits per heavy atom. The molecule has 30 heavy (non-hydrogen) atoms. The monoisotopic (exact) mass is 422 g/mol. The SMILES string of the molecule is CC(C1CCCC(C)(C)C1)C(C)(C)OC(=O)OC(C)(C)C(C)C1CCCC(C)(C)C1. The molecule has 2 aliphatic rings. The molecular formula is C27H50O3. The van der Waals surface area contributed by atoms with Gasteiger partial charge in [0.15, 0.2) is 0 Å². The fraction of sp³-hybridized carbons (Fsp3) is 0.963. The second kappa shape index (κ2) is 9.02. The van der Waals surface area contributed by atoms with Gasteiger partial charge in [-0.25, -0.2) is 4.79 Å². The van der Waals surface area contributed by atoms with Crippen LogP contribution in [0.15, 0.2) is 0 Å². The lowest BCUT2D eigenvalue weighted by Crippen LogP contribution is -2.45. The summed E-state index contributed by atoms with van der Waals surface area (Å²) in [6, 6.07) is 0. The lowest BCUT2D eigenvalue weighted by molar-refractivity contribution is -0.110. The molecule has 0 aliphatic heterocycles. The average molecular weight is 423 g/mol. The fourth-order valence-electron chi connectivity index (χ4n) is 6.14. The Balaban J connectivity index is 1.96. The molecule has 2 saturated carbocycles. The summed E-state index contributed by atoms with van der Waals surface area (Å²) in [7, 11) is 0. The van der Waals surface area contributed by atoms with Gasteiger partial charge in [0, 0.05) is 0 Å². The Labute approximate surface area is 187 Å². The second-order valence-electron chi connectivity index (χ2n) is 13.3. The standard InChI is InChI=1S/C27H50O3/c1-19(21-13-11-15-24(3,4)17-21)26(7,8)29-23(28)30-27(9,10)20(2)22-14-12-16-25(5,6)18-22/h19-22H,11-18H2,1-10H3. The van der Waals surface area contributed by atoms with Gasteiger partial charge < -0.3 is 9.47 Å². The number of carbonyl (C=O) groups excluding carboxylic acids is 1. The van der Waals surface area contributed by atoms with Crippen molar-refractivity contribution < 1.29 is 14.3 Å². The van der Waals surface area contributed by atoms with Crippen molar-refractivity contribution in [3.63, 3.8) is 0 Å². The molecule has 0 saturated heterocycles. The third-order valence-electron chi connectivity index (χ3n) is 8.79. The molecule has 176 valence electrons. The first kappa shape index (κ1) is 25.5. The molecule has 2 rings (SSSR count). The van der Waals surface area contributed by atoms with Crippen LogP contribution in [0.25, 0.3) is 0 Å². The van der Waals surface area contributed by atoms with E-state index >= 15 is 0 Å². The Kier molecular flexibility index (Phi) is 7.68. The van der Waals surface area contributed by atoms with Crippen molar-refractivity contribution in [3.05, 3.63) is 0 Å². The molecule has 2 aliphatic carbocycles. The van der Waals surface area contributed by atoms with Crippen molar-refractivity contribution in [3.8, 4) is 0 Å². The van der Waals surface area contributed by atoms with Gasteiger partial charge in [0.25, 0.3) is 0 Å². The van der Waals surface area contributed by atoms with Crippen LogP contribution in [0.4, 0.5) is 4.79 Å². The first-order valence-electron chi connectivity index (χ1n) is 12.5. The maximum atomic E-state index is 12.9. The van der Waals surface area contributed by atoms with Crippen molar-refractivity contribution >= 4 is 6.16 Å². The molecule has 3 heteroatoms. The maximum Gasteiger partial charge on any atom is 0.509 e. The minimum atomic E-state index is -0.526. The van der Waals surface area contributed by atoms with E-state index in [2.05, 4.69) is 69.2 Å². The minimum Gasteiger partial charge on any atom is -0.428 e. The summed E-state index contributed by atoms with van der Waals surface area (Å²) in [6.07, 6.45) is 9.49. The van der Waals surface area contributed by atoms with Gasteiger partial charge in [-0.1, -0.05) is 67.2 Å². The van der Waals surface area contributed by atoms with Gasteiger partial charge in [-0.3, -0.25) is 0 Å². The zero-order chi connectivity index (χ0) is 23.0. The zero-order valence-electron chi connectivity index (χ0n) is 21.7. The van der Waals surface area contributed by atoms with Gasteiger partial charge in [-0.15, -0.1) is 0 Å². The van der Waals surface area contributed by atoms with E-state index in [1.54, 1.807) is 0 Å². The van der Waals surface area contributed by atoms with Crippen LogP contribution in [-0.4, -0.2) is 17.4 Å². The van der Waals surface area contributed by atoms with E-state index in [0.717, 1.165) is 0 Å². The van der Waals surface area contributed by atoms with Crippen LogP contribution < -0.4 is 0 Å². The number of ether oxygens (including phenoxy) is 2. The highest BCUT2D eigenvalue weighted by Gasteiger charge is 2.43. The summed E-state index contributed by atoms with van der Waals surface area (Å²) in [5, 5.41) is 0. The first-order chi connectivity index (χ1) is 13.5. The second-order valence-corrected chi connectivity index (χ2v) is 13.3. The molecule has 0 spiro atoms. The topological polar surface area (TPSA) is 35.5 Å². The van der Waals surface area contributed by atoms with Gasteiger partial charge >= 0.3 is 6.16 Å². The Hall–Kier alpha value is -0.730. The molecule has 0 aromatic carbocycles. The molecule has 0 aromatic heterocycles. The van der Waals surface area contributed by atoms with Crippen molar-refractivity contribution in [2.24, 2.45) is 34.5 Å². The quantitative estimate of drug-likeness (QED) is 0.403. The largest absolute Gasteiger partial charge is 0.509 e. The summed E-state index contributed by atoms with van der Waals surface area (Å²) in [5.41, 5.74) is -0.277. The third kappa shape index (κ3) is 6.63. The van der Waals surface area contributed by atoms with Crippen molar-refractivity contribution in [2.75, 3.05) is 0 Å². The number of carbonyl (C=O) groups is 1. The van der Waals surface area contributed by atoms with Crippen molar-refractivity contribution in [1.29, 1.82) is 0 Å². The van der Waals surface area contributed by atoms with Gasteiger partial charge in [-0.2, -0.15) is 0 Å². The summed E-state index contributed by atoms with van der Waals surface area (Å²) < 4.78 is 11.9. The Morgan fingerprint density at radius 1 is 0.767 bits per heavy atom. The Morgan fingerprint density at radius 2 is 1.10 bits per heavy atom. The lowest BCUT2D eigenvalue weighted by atomic mass is 9.65. The summed E-state index contributed by atoms with van der Waals surface area (Å²) >= 11 is 0. The Bertz CT molecular complexity index is 537. The molecule has 2 fully saturated rings. The summed E-state index contributed by atoms with van der Waals surface area (Å²) in [6.45, 7) is 22.2. The highest BCUT2D eigenvalue weighted by atomic mass is 16.7. The van der Waals surface area contributed by atoms with Gasteiger partial charge in [0.2, 0.25) is 0 Å². The van der Waals surface area contributed by atoms with E-state index < -0.39 is 17.4 Å². The van der Waals surface area contributed by atoms with Crippen LogP contribution in [0.2, 0.25) is 0 Å². The normalized spacial score (nSPS) is 29.0. The predicted octanol–water partition coefficient (Wildman–Crippen LogP) is 8.40.